The van der Waals surface area contributed by atoms with Gasteiger partial charge in [-0.1, -0.05) is 6.92 Å². The molecule has 1 fully saturated rings. The molecule has 128 valence electrons. The molecule has 0 aliphatic carbocycles. The Labute approximate surface area is 142 Å². The standard InChI is InChI=1S/C18H24N4O2/c1-4-15-13(2)10-16(24-15)18(23)22-9-6-14(11-22)21(3)12-17-19-7-5-8-20-17/h5,7-8,10,14H,4,6,9,11-12H2,1-3H3. The second-order valence-corrected chi connectivity index (χ2v) is 6.34. The summed E-state index contributed by atoms with van der Waals surface area (Å²) in [6.45, 7) is 6.17. The lowest BCUT2D eigenvalue weighted by molar-refractivity contribution is 0.0746. The monoisotopic (exact) mass is 328 g/mol. The Kier molecular flexibility index (Phi) is 4.94. The van der Waals surface area contributed by atoms with Crippen LogP contribution in [0.1, 0.15) is 41.0 Å². The third-order valence-corrected chi connectivity index (χ3v) is 4.64. The molecular formula is C18H24N4O2. The summed E-state index contributed by atoms with van der Waals surface area (Å²) in [5, 5.41) is 0. The molecule has 0 bridgehead atoms. The van der Waals surface area contributed by atoms with Gasteiger partial charge >= 0.3 is 0 Å². The molecule has 6 nitrogen and oxygen atoms in total. The Morgan fingerprint density at radius 1 is 1.42 bits per heavy atom. The number of hydrogen-bond acceptors (Lipinski definition) is 5. The summed E-state index contributed by atoms with van der Waals surface area (Å²) < 4.78 is 5.70. The van der Waals surface area contributed by atoms with Crippen molar-refractivity contribution >= 4 is 5.91 Å². The van der Waals surface area contributed by atoms with Gasteiger partial charge in [0.2, 0.25) is 0 Å². The fraction of sp³-hybridized carbons (Fsp3) is 0.500. The first-order valence-electron chi connectivity index (χ1n) is 8.43. The molecule has 24 heavy (non-hydrogen) atoms. The van der Waals surface area contributed by atoms with Gasteiger partial charge in [-0.2, -0.15) is 0 Å². The van der Waals surface area contributed by atoms with Crippen molar-refractivity contribution in [1.29, 1.82) is 0 Å². The van der Waals surface area contributed by atoms with E-state index in [1.165, 1.54) is 0 Å². The van der Waals surface area contributed by atoms with Crippen LogP contribution in [0.5, 0.6) is 0 Å². The maximum Gasteiger partial charge on any atom is 0.289 e. The van der Waals surface area contributed by atoms with Gasteiger partial charge in [0, 0.05) is 37.9 Å². The highest BCUT2D eigenvalue weighted by Crippen LogP contribution is 2.21. The number of aryl methyl sites for hydroxylation is 2. The summed E-state index contributed by atoms with van der Waals surface area (Å²) in [6.07, 6.45) is 5.27. The van der Waals surface area contributed by atoms with Crippen LogP contribution in [0.4, 0.5) is 0 Å². The molecule has 0 N–H and O–H groups in total. The molecule has 1 aliphatic rings. The number of carbonyl (C=O) groups is 1. The number of likely N-dealkylation sites (tertiary alicyclic amines) is 1. The summed E-state index contributed by atoms with van der Waals surface area (Å²) in [5.41, 5.74) is 1.05. The van der Waals surface area contributed by atoms with E-state index < -0.39 is 0 Å². The van der Waals surface area contributed by atoms with Crippen LogP contribution in [0, 0.1) is 6.92 Å². The predicted molar refractivity (Wildman–Crippen MR) is 90.6 cm³/mol. The minimum absolute atomic E-state index is 0.00957. The molecule has 0 spiro atoms. The fourth-order valence-corrected chi connectivity index (χ4v) is 3.18. The van der Waals surface area contributed by atoms with Crippen LogP contribution in [-0.4, -0.2) is 51.9 Å². The summed E-state index contributed by atoms with van der Waals surface area (Å²) in [6, 6.07) is 3.99. The lowest BCUT2D eigenvalue weighted by Gasteiger charge is -2.23. The highest BCUT2D eigenvalue weighted by Gasteiger charge is 2.31. The van der Waals surface area contributed by atoms with Crippen molar-refractivity contribution in [3.63, 3.8) is 0 Å². The Hall–Kier alpha value is -2.21. The van der Waals surface area contributed by atoms with Crippen LogP contribution in [0.2, 0.25) is 0 Å². The number of nitrogens with zero attached hydrogens (tertiary/aromatic N) is 4. The zero-order chi connectivity index (χ0) is 17.1. The maximum absolute atomic E-state index is 12.6. The summed E-state index contributed by atoms with van der Waals surface area (Å²) >= 11 is 0. The van der Waals surface area contributed by atoms with E-state index in [2.05, 4.69) is 21.9 Å². The molecule has 1 unspecified atom stereocenters. The second-order valence-electron chi connectivity index (χ2n) is 6.34. The van der Waals surface area contributed by atoms with E-state index in [0.717, 1.165) is 36.5 Å². The third kappa shape index (κ3) is 3.48. The molecule has 1 saturated heterocycles. The van der Waals surface area contributed by atoms with Gasteiger partial charge < -0.3 is 9.32 Å². The number of likely N-dealkylation sites (N-methyl/N-ethyl adjacent to an activating group) is 1. The first kappa shape index (κ1) is 16.6. The lowest BCUT2D eigenvalue weighted by Crippen LogP contribution is -2.36. The molecule has 1 atom stereocenters. The zero-order valence-electron chi connectivity index (χ0n) is 14.5. The Bertz CT molecular complexity index is 698. The molecule has 2 aromatic heterocycles. The molecule has 0 aromatic carbocycles. The quantitative estimate of drug-likeness (QED) is 0.843. The fourth-order valence-electron chi connectivity index (χ4n) is 3.18. The second kappa shape index (κ2) is 7.13. The number of amides is 1. The summed E-state index contributed by atoms with van der Waals surface area (Å²) in [7, 11) is 2.06. The topological polar surface area (TPSA) is 62.5 Å². The van der Waals surface area contributed by atoms with Crippen LogP contribution in [0.3, 0.4) is 0 Å². The van der Waals surface area contributed by atoms with Gasteiger partial charge in [0.1, 0.15) is 11.6 Å². The van der Waals surface area contributed by atoms with Crippen LogP contribution >= 0.6 is 0 Å². The third-order valence-electron chi connectivity index (χ3n) is 4.64. The summed E-state index contributed by atoms with van der Waals surface area (Å²) in [4.78, 5) is 25.3. The highest BCUT2D eigenvalue weighted by atomic mass is 16.4. The number of furan rings is 1. The van der Waals surface area contributed by atoms with E-state index in [1.54, 1.807) is 12.4 Å². The Balaban J connectivity index is 1.61. The number of carbonyl (C=O) groups excluding carboxylic acids is 1. The van der Waals surface area contributed by atoms with Crippen molar-refractivity contribution in [1.82, 2.24) is 19.8 Å². The van der Waals surface area contributed by atoms with E-state index in [9.17, 15) is 4.79 Å². The van der Waals surface area contributed by atoms with Crippen molar-refractivity contribution in [2.45, 2.75) is 39.3 Å². The van der Waals surface area contributed by atoms with Crippen LogP contribution in [0.15, 0.2) is 28.9 Å². The summed E-state index contributed by atoms with van der Waals surface area (Å²) in [5.74, 6) is 2.15. The van der Waals surface area contributed by atoms with Gasteiger partial charge in [-0.25, -0.2) is 9.97 Å². The zero-order valence-corrected chi connectivity index (χ0v) is 14.5. The first-order chi connectivity index (χ1) is 11.6. The molecule has 3 rings (SSSR count). The van der Waals surface area contributed by atoms with Gasteiger partial charge in [0.25, 0.3) is 5.91 Å². The molecule has 0 radical (unpaired) electrons. The van der Waals surface area contributed by atoms with Gasteiger partial charge in [-0.05, 0) is 38.1 Å². The highest BCUT2D eigenvalue weighted by molar-refractivity contribution is 5.92. The molecule has 3 heterocycles. The molecular weight excluding hydrogens is 304 g/mol. The van der Waals surface area contributed by atoms with E-state index >= 15 is 0 Å². The first-order valence-corrected chi connectivity index (χ1v) is 8.43. The Morgan fingerprint density at radius 2 is 2.17 bits per heavy atom. The molecule has 0 saturated carbocycles. The van der Waals surface area contributed by atoms with Crippen LogP contribution < -0.4 is 0 Å². The molecule has 6 heteroatoms. The minimum Gasteiger partial charge on any atom is -0.456 e. The van der Waals surface area contributed by atoms with Crippen LogP contribution in [0.25, 0.3) is 0 Å². The van der Waals surface area contributed by atoms with Gasteiger partial charge in [-0.15, -0.1) is 0 Å². The van der Waals surface area contributed by atoms with Crippen molar-refractivity contribution in [3.8, 4) is 0 Å². The predicted octanol–water partition coefficient (Wildman–Crippen LogP) is 2.29. The average Bonchev–Trinajstić information content (AvgIpc) is 3.22. The lowest BCUT2D eigenvalue weighted by atomic mass is 10.2. The van der Waals surface area contributed by atoms with Crippen molar-refractivity contribution in [2.24, 2.45) is 0 Å². The van der Waals surface area contributed by atoms with E-state index in [4.69, 9.17) is 4.42 Å². The van der Waals surface area contributed by atoms with Gasteiger partial charge in [0.05, 0.1) is 6.54 Å². The molecule has 1 aliphatic heterocycles. The minimum atomic E-state index is -0.00957. The Morgan fingerprint density at radius 3 is 2.83 bits per heavy atom. The van der Waals surface area contributed by atoms with Crippen molar-refractivity contribution < 1.29 is 9.21 Å². The number of hydrogen-bond donors (Lipinski definition) is 0. The van der Waals surface area contributed by atoms with E-state index in [0.29, 0.717) is 24.9 Å². The number of aromatic nitrogens is 2. The normalized spacial score (nSPS) is 17.7. The SMILES string of the molecule is CCc1oc(C(=O)N2CCC(N(C)Cc3ncccn3)C2)cc1C. The van der Waals surface area contributed by atoms with Gasteiger partial charge in [0.15, 0.2) is 5.76 Å². The van der Waals surface area contributed by atoms with Crippen LogP contribution in [-0.2, 0) is 13.0 Å². The maximum atomic E-state index is 12.6. The van der Waals surface area contributed by atoms with E-state index in [-0.39, 0.29) is 5.91 Å². The molecule has 1 amide bonds. The van der Waals surface area contributed by atoms with Gasteiger partial charge in [-0.3, -0.25) is 9.69 Å². The van der Waals surface area contributed by atoms with E-state index in [1.807, 2.05) is 30.9 Å². The van der Waals surface area contributed by atoms with Crippen molar-refractivity contribution in [2.75, 3.05) is 20.1 Å². The van der Waals surface area contributed by atoms with Crippen molar-refractivity contribution in [3.05, 3.63) is 47.4 Å². The average molecular weight is 328 g/mol. The number of rotatable bonds is 5. The molecule has 2 aromatic rings. The largest absolute Gasteiger partial charge is 0.456 e. The smallest absolute Gasteiger partial charge is 0.289 e.